The van der Waals surface area contributed by atoms with Gasteiger partial charge in [-0.15, -0.1) is 0 Å². The van der Waals surface area contributed by atoms with Gasteiger partial charge in [-0.05, 0) is 32.4 Å². The number of nitrogens with two attached hydrogens (primary N) is 1. The Balaban J connectivity index is 2.54. The van der Waals surface area contributed by atoms with Crippen molar-refractivity contribution in [3.05, 3.63) is 0 Å². The zero-order valence-electron chi connectivity index (χ0n) is 9.48. The first kappa shape index (κ1) is 13.4. The van der Waals surface area contributed by atoms with Crippen LogP contribution >= 0.6 is 0 Å². The number of ether oxygens (including phenoxy) is 1. The second-order valence-corrected chi connectivity index (χ2v) is 4.13. The Morgan fingerprint density at radius 3 is 2.56 bits per heavy atom. The van der Waals surface area contributed by atoms with Gasteiger partial charge in [0, 0.05) is 0 Å². The van der Waals surface area contributed by atoms with Crippen LogP contribution in [0.2, 0.25) is 0 Å². The molecule has 0 saturated carbocycles. The van der Waals surface area contributed by atoms with Crippen LogP contribution < -0.4 is 11.1 Å². The molecule has 6 nitrogen and oxygen atoms in total. The van der Waals surface area contributed by atoms with Gasteiger partial charge in [-0.1, -0.05) is 6.92 Å². The predicted octanol–water partition coefficient (Wildman–Crippen LogP) is -1.39. The third-order valence-electron chi connectivity index (χ3n) is 2.95. The van der Waals surface area contributed by atoms with Crippen LogP contribution in [0.1, 0.15) is 26.2 Å². The van der Waals surface area contributed by atoms with Gasteiger partial charge in [-0.3, -0.25) is 10.5 Å². The number of piperidine rings is 1. The average Bonchev–Trinajstić information content (AvgIpc) is 2.29. The maximum Gasteiger partial charge on any atom is 0.514 e. The van der Waals surface area contributed by atoms with Gasteiger partial charge in [-0.2, -0.15) is 0 Å². The zero-order valence-corrected chi connectivity index (χ0v) is 9.48. The van der Waals surface area contributed by atoms with E-state index in [0.29, 0.717) is 12.8 Å². The van der Waals surface area contributed by atoms with Gasteiger partial charge in [0.05, 0.1) is 5.92 Å². The number of carbonyl (C=O) groups excluding carboxylic acids is 1. The minimum absolute atomic E-state index is 0.154. The normalized spacial score (nSPS) is 21.2. The summed E-state index contributed by atoms with van der Waals surface area (Å²) in [6, 6.07) is 0. The smallest absolute Gasteiger partial charge is 0.446 e. The molecule has 7 heteroatoms. The predicted molar refractivity (Wildman–Crippen MR) is 59.1 cm³/mol. The van der Waals surface area contributed by atoms with Crippen LogP contribution in [0.4, 0.5) is 0 Å². The van der Waals surface area contributed by atoms with E-state index in [-0.39, 0.29) is 12.3 Å². The molecule has 0 aromatic heterocycles. The standard InChI is InChI=1S/C9H19BN2O4/c1-2-9(11,10(14)15)16-8(13)7-3-5-12-6-4-7/h7,12,14-15H,2-6,11H2,1H3/t9-/m1/s1. The summed E-state index contributed by atoms with van der Waals surface area (Å²) in [5.41, 5.74) is 3.90. The van der Waals surface area contributed by atoms with E-state index in [0.717, 1.165) is 13.1 Å². The topological polar surface area (TPSA) is 105 Å². The van der Waals surface area contributed by atoms with Crippen LogP contribution in [0.15, 0.2) is 0 Å². The SMILES string of the molecule is CC[C@@](N)(OC(=O)C1CCNCC1)B(O)O. The third-order valence-corrected chi connectivity index (χ3v) is 2.95. The maximum absolute atomic E-state index is 11.7. The van der Waals surface area contributed by atoms with E-state index in [1.165, 1.54) is 0 Å². The molecule has 1 heterocycles. The lowest BCUT2D eigenvalue weighted by Crippen LogP contribution is -2.58. The fourth-order valence-corrected chi connectivity index (χ4v) is 1.64. The molecule has 5 N–H and O–H groups in total. The van der Waals surface area contributed by atoms with E-state index in [9.17, 15) is 4.79 Å². The van der Waals surface area contributed by atoms with Gasteiger partial charge >= 0.3 is 13.1 Å². The molecule has 92 valence electrons. The molecule has 1 rings (SSSR count). The zero-order chi connectivity index (χ0) is 12.2. The van der Waals surface area contributed by atoms with E-state index in [1.807, 2.05) is 0 Å². The van der Waals surface area contributed by atoms with Gasteiger partial charge < -0.3 is 20.1 Å². The lowest BCUT2D eigenvalue weighted by Gasteiger charge is -2.30. The van der Waals surface area contributed by atoms with Crippen LogP contribution in [-0.2, 0) is 9.53 Å². The number of hydrogen-bond acceptors (Lipinski definition) is 6. The average molecular weight is 230 g/mol. The van der Waals surface area contributed by atoms with Crippen molar-refractivity contribution in [2.24, 2.45) is 11.7 Å². The molecular weight excluding hydrogens is 211 g/mol. The van der Waals surface area contributed by atoms with Crippen molar-refractivity contribution in [1.29, 1.82) is 0 Å². The maximum atomic E-state index is 11.7. The lowest BCUT2D eigenvalue weighted by atomic mass is 9.73. The monoisotopic (exact) mass is 230 g/mol. The van der Waals surface area contributed by atoms with Gasteiger partial charge in [-0.25, -0.2) is 0 Å². The highest BCUT2D eigenvalue weighted by Gasteiger charge is 2.42. The molecule has 1 atom stereocenters. The van der Waals surface area contributed by atoms with Crippen molar-refractivity contribution in [2.75, 3.05) is 13.1 Å². The van der Waals surface area contributed by atoms with Crippen LogP contribution in [0.25, 0.3) is 0 Å². The molecule has 0 unspecified atom stereocenters. The van der Waals surface area contributed by atoms with Gasteiger partial charge in [0.25, 0.3) is 0 Å². The number of hydrogen-bond donors (Lipinski definition) is 4. The van der Waals surface area contributed by atoms with Crippen molar-refractivity contribution < 1.29 is 19.6 Å². The second kappa shape index (κ2) is 5.63. The molecule has 0 aromatic rings. The molecule has 0 bridgehead atoms. The second-order valence-electron chi connectivity index (χ2n) is 4.13. The van der Waals surface area contributed by atoms with E-state index >= 15 is 0 Å². The van der Waals surface area contributed by atoms with Gasteiger partial charge in [0.15, 0.2) is 5.62 Å². The van der Waals surface area contributed by atoms with Gasteiger partial charge in [0.1, 0.15) is 0 Å². The summed E-state index contributed by atoms with van der Waals surface area (Å²) in [5.74, 6) is -0.645. The Hall–Kier alpha value is -0.625. The Bertz CT molecular complexity index is 246. The fourth-order valence-electron chi connectivity index (χ4n) is 1.64. The van der Waals surface area contributed by atoms with Crippen LogP contribution in [0.3, 0.4) is 0 Å². The first-order valence-electron chi connectivity index (χ1n) is 5.58. The fraction of sp³-hybridized carbons (Fsp3) is 0.889. The first-order valence-corrected chi connectivity index (χ1v) is 5.58. The molecule has 16 heavy (non-hydrogen) atoms. The van der Waals surface area contributed by atoms with Crippen LogP contribution in [0.5, 0.6) is 0 Å². The molecule has 1 fully saturated rings. The molecule has 0 aliphatic carbocycles. The van der Waals surface area contributed by atoms with Crippen molar-refractivity contribution in [2.45, 2.75) is 31.8 Å². The quantitative estimate of drug-likeness (QED) is 0.269. The van der Waals surface area contributed by atoms with E-state index in [2.05, 4.69) is 5.32 Å². The lowest BCUT2D eigenvalue weighted by molar-refractivity contribution is -0.160. The first-order chi connectivity index (χ1) is 7.49. The Morgan fingerprint density at radius 1 is 1.56 bits per heavy atom. The highest BCUT2D eigenvalue weighted by Crippen LogP contribution is 2.18. The summed E-state index contributed by atoms with van der Waals surface area (Å²) in [4.78, 5) is 11.7. The van der Waals surface area contributed by atoms with Crippen molar-refractivity contribution in [3.8, 4) is 0 Å². The summed E-state index contributed by atoms with van der Waals surface area (Å²) in [7, 11) is -1.86. The summed E-state index contributed by atoms with van der Waals surface area (Å²) in [5, 5.41) is 21.3. The molecule has 1 aliphatic rings. The Labute approximate surface area is 95.3 Å². The Morgan fingerprint density at radius 2 is 2.12 bits per heavy atom. The molecular formula is C9H19BN2O4. The number of nitrogens with one attached hydrogen (secondary N) is 1. The number of esters is 1. The third kappa shape index (κ3) is 3.18. The summed E-state index contributed by atoms with van der Waals surface area (Å²) >= 11 is 0. The highest BCUT2D eigenvalue weighted by atomic mass is 16.6. The molecule has 0 spiro atoms. The van der Waals surface area contributed by atoms with Crippen molar-refractivity contribution in [1.82, 2.24) is 5.32 Å². The largest absolute Gasteiger partial charge is 0.514 e. The number of rotatable bonds is 4. The Kier molecular flexibility index (Phi) is 4.73. The minimum atomic E-state index is -1.86. The van der Waals surface area contributed by atoms with E-state index in [4.69, 9.17) is 20.5 Å². The molecule has 0 amide bonds. The number of carbonyl (C=O) groups is 1. The van der Waals surface area contributed by atoms with E-state index in [1.54, 1.807) is 6.92 Å². The highest BCUT2D eigenvalue weighted by molar-refractivity contribution is 6.45. The molecule has 1 saturated heterocycles. The van der Waals surface area contributed by atoms with E-state index < -0.39 is 18.7 Å². The molecule has 0 radical (unpaired) electrons. The van der Waals surface area contributed by atoms with Crippen LogP contribution in [0, 0.1) is 5.92 Å². The summed E-state index contributed by atoms with van der Waals surface area (Å²) < 4.78 is 5.00. The van der Waals surface area contributed by atoms with Crippen molar-refractivity contribution >= 4 is 13.1 Å². The van der Waals surface area contributed by atoms with Crippen molar-refractivity contribution in [3.63, 3.8) is 0 Å². The van der Waals surface area contributed by atoms with Gasteiger partial charge in [0.2, 0.25) is 0 Å². The summed E-state index contributed by atoms with van der Waals surface area (Å²) in [6.07, 6.45) is 1.54. The molecule has 1 aliphatic heterocycles. The minimum Gasteiger partial charge on any atom is -0.446 e. The molecule has 0 aromatic carbocycles. The van der Waals surface area contributed by atoms with Crippen LogP contribution in [-0.4, -0.2) is 41.8 Å². The summed E-state index contributed by atoms with van der Waals surface area (Å²) in [6.45, 7) is 3.17.